The summed E-state index contributed by atoms with van der Waals surface area (Å²) in [6.07, 6.45) is 3.54. The van der Waals surface area contributed by atoms with Crippen molar-refractivity contribution in [3.05, 3.63) is 35.9 Å². The van der Waals surface area contributed by atoms with Gasteiger partial charge >= 0.3 is 0 Å². The van der Waals surface area contributed by atoms with Crippen LogP contribution in [0, 0.1) is 5.92 Å². The standard InChI is InChI=1S/C15H23NO/c1-15(2,17)14(13-8-9-13)16-11-10-12-6-4-3-5-7-12/h3-7,13-14,16-17H,8-11H2,1-2H3/t14-/m0/s1. The summed E-state index contributed by atoms with van der Waals surface area (Å²) >= 11 is 0. The van der Waals surface area contributed by atoms with E-state index >= 15 is 0 Å². The van der Waals surface area contributed by atoms with Gasteiger partial charge in [-0.1, -0.05) is 30.3 Å². The second kappa shape index (κ2) is 5.19. The van der Waals surface area contributed by atoms with Crippen molar-refractivity contribution in [2.24, 2.45) is 5.92 Å². The van der Waals surface area contributed by atoms with Gasteiger partial charge in [0.05, 0.1) is 5.60 Å². The van der Waals surface area contributed by atoms with Gasteiger partial charge in [0.25, 0.3) is 0 Å². The van der Waals surface area contributed by atoms with Gasteiger partial charge in [0.1, 0.15) is 0 Å². The maximum atomic E-state index is 10.1. The topological polar surface area (TPSA) is 32.3 Å². The summed E-state index contributed by atoms with van der Waals surface area (Å²) in [5.74, 6) is 0.672. The molecule has 2 heteroatoms. The maximum Gasteiger partial charge on any atom is 0.0746 e. The second-order valence-corrected chi connectivity index (χ2v) is 5.66. The lowest BCUT2D eigenvalue weighted by molar-refractivity contribution is 0.0295. The molecule has 2 rings (SSSR count). The summed E-state index contributed by atoms with van der Waals surface area (Å²) in [6.45, 7) is 4.76. The van der Waals surface area contributed by atoms with Gasteiger partial charge in [-0.3, -0.25) is 0 Å². The first-order valence-corrected chi connectivity index (χ1v) is 6.57. The Morgan fingerprint density at radius 1 is 1.29 bits per heavy atom. The molecule has 0 heterocycles. The van der Waals surface area contributed by atoms with Crippen LogP contribution < -0.4 is 5.32 Å². The molecule has 0 amide bonds. The van der Waals surface area contributed by atoms with Crippen LogP contribution in [0.25, 0.3) is 0 Å². The van der Waals surface area contributed by atoms with E-state index in [1.165, 1.54) is 18.4 Å². The van der Waals surface area contributed by atoms with Crippen molar-refractivity contribution in [2.75, 3.05) is 6.54 Å². The molecule has 1 saturated carbocycles. The Morgan fingerprint density at radius 3 is 2.47 bits per heavy atom. The van der Waals surface area contributed by atoms with E-state index < -0.39 is 5.60 Å². The molecule has 0 aromatic heterocycles. The molecule has 1 atom stereocenters. The Morgan fingerprint density at radius 2 is 1.94 bits per heavy atom. The molecule has 1 aliphatic carbocycles. The van der Waals surface area contributed by atoms with E-state index in [1.54, 1.807) is 0 Å². The molecular formula is C15H23NO. The van der Waals surface area contributed by atoms with E-state index in [0.29, 0.717) is 5.92 Å². The van der Waals surface area contributed by atoms with Crippen molar-refractivity contribution in [2.45, 2.75) is 44.8 Å². The van der Waals surface area contributed by atoms with Gasteiger partial charge in [-0.15, -0.1) is 0 Å². The zero-order valence-corrected chi connectivity index (χ0v) is 10.8. The van der Waals surface area contributed by atoms with Crippen molar-refractivity contribution in [3.8, 4) is 0 Å². The Hall–Kier alpha value is -0.860. The molecule has 1 fully saturated rings. The average molecular weight is 233 g/mol. The Kier molecular flexibility index (Phi) is 3.85. The Balaban J connectivity index is 1.80. The molecule has 0 radical (unpaired) electrons. The van der Waals surface area contributed by atoms with Crippen LogP contribution in [0.3, 0.4) is 0 Å². The van der Waals surface area contributed by atoms with Gasteiger partial charge in [0.15, 0.2) is 0 Å². The molecular weight excluding hydrogens is 210 g/mol. The fourth-order valence-electron chi connectivity index (χ4n) is 2.44. The van der Waals surface area contributed by atoms with E-state index in [-0.39, 0.29) is 6.04 Å². The summed E-state index contributed by atoms with van der Waals surface area (Å²) in [6, 6.07) is 10.7. The highest BCUT2D eigenvalue weighted by Crippen LogP contribution is 2.36. The third kappa shape index (κ3) is 3.83. The monoisotopic (exact) mass is 233 g/mol. The number of nitrogens with one attached hydrogen (secondary N) is 1. The molecule has 0 bridgehead atoms. The van der Waals surface area contributed by atoms with Gasteiger partial charge in [0, 0.05) is 6.04 Å². The van der Waals surface area contributed by atoms with Gasteiger partial charge < -0.3 is 10.4 Å². The van der Waals surface area contributed by atoms with Crippen LogP contribution in [-0.2, 0) is 6.42 Å². The molecule has 0 unspecified atom stereocenters. The van der Waals surface area contributed by atoms with Gasteiger partial charge in [-0.25, -0.2) is 0 Å². The van der Waals surface area contributed by atoms with Crippen LogP contribution >= 0.6 is 0 Å². The van der Waals surface area contributed by atoms with Crippen LogP contribution in [-0.4, -0.2) is 23.3 Å². The first-order valence-electron chi connectivity index (χ1n) is 6.57. The largest absolute Gasteiger partial charge is 0.389 e. The molecule has 2 nitrogen and oxygen atoms in total. The van der Waals surface area contributed by atoms with E-state index in [4.69, 9.17) is 0 Å². The van der Waals surface area contributed by atoms with E-state index in [0.717, 1.165) is 13.0 Å². The lowest BCUT2D eigenvalue weighted by Crippen LogP contribution is -2.48. The summed E-state index contributed by atoms with van der Waals surface area (Å²) in [4.78, 5) is 0. The molecule has 17 heavy (non-hydrogen) atoms. The average Bonchev–Trinajstić information content (AvgIpc) is 3.08. The lowest BCUT2D eigenvalue weighted by atomic mass is 9.94. The highest BCUT2D eigenvalue weighted by molar-refractivity contribution is 5.15. The molecule has 0 saturated heterocycles. The first kappa shape index (κ1) is 12.6. The molecule has 94 valence electrons. The van der Waals surface area contributed by atoms with Crippen LogP contribution in [0.2, 0.25) is 0 Å². The molecule has 0 spiro atoms. The highest BCUT2D eigenvalue weighted by atomic mass is 16.3. The minimum Gasteiger partial charge on any atom is -0.389 e. The summed E-state index contributed by atoms with van der Waals surface area (Å²) in [7, 11) is 0. The number of hydrogen-bond acceptors (Lipinski definition) is 2. The summed E-state index contributed by atoms with van der Waals surface area (Å²) < 4.78 is 0. The zero-order chi connectivity index (χ0) is 12.3. The van der Waals surface area contributed by atoms with Crippen molar-refractivity contribution in [1.82, 2.24) is 5.32 Å². The normalized spacial score (nSPS) is 18.1. The fraction of sp³-hybridized carbons (Fsp3) is 0.600. The van der Waals surface area contributed by atoms with E-state index in [2.05, 4.69) is 29.6 Å². The number of benzene rings is 1. The van der Waals surface area contributed by atoms with Crippen molar-refractivity contribution < 1.29 is 5.11 Å². The minimum absolute atomic E-state index is 0.242. The summed E-state index contributed by atoms with van der Waals surface area (Å²) in [5, 5.41) is 13.6. The van der Waals surface area contributed by atoms with Gasteiger partial charge in [-0.2, -0.15) is 0 Å². The zero-order valence-electron chi connectivity index (χ0n) is 10.8. The fourth-order valence-corrected chi connectivity index (χ4v) is 2.44. The Labute approximate surface area is 104 Å². The lowest BCUT2D eigenvalue weighted by Gasteiger charge is -2.30. The second-order valence-electron chi connectivity index (χ2n) is 5.66. The smallest absolute Gasteiger partial charge is 0.0746 e. The Bertz CT molecular complexity index is 338. The molecule has 1 aliphatic rings. The predicted molar refractivity (Wildman–Crippen MR) is 71.0 cm³/mol. The van der Waals surface area contributed by atoms with Crippen LogP contribution in [0.5, 0.6) is 0 Å². The third-order valence-corrected chi connectivity index (χ3v) is 3.48. The van der Waals surface area contributed by atoms with Crippen LogP contribution in [0.4, 0.5) is 0 Å². The highest BCUT2D eigenvalue weighted by Gasteiger charge is 2.39. The molecule has 1 aromatic carbocycles. The van der Waals surface area contributed by atoms with Gasteiger partial charge in [-0.05, 0) is 51.1 Å². The minimum atomic E-state index is -0.613. The van der Waals surface area contributed by atoms with Crippen molar-refractivity contribution in [1.29, 1.82) is 0 Å². The molecule has 2 N–H and O–H groups in total. The predicted octanol–water partition coefficient (Wildman–Crippen LogP) is 2.37. The van der Waals surface area contributed by atoms with Crippen LogP contribution in [0.1, 0.15) is 32.3 Å². The maximum absolute atomic E-state index is 10.1. The van der Waals surface area contributed by atoms with E-state index in [1.807, 2.05) is 19.9 Å². The summed E-state index contributed by atoms with van der Waals surface area (Å²) in [5.41, 5.74) is 0.739. The number of hydrogen-bond donors (Lipinski definition) is 2. The van der Waals surface area contributed by atoms with E-state index in [9.17, 15) is 5.11 Å². The van der Waals surface area contributed by atoms with Crippen molar-refractivity contribution >= 4 is 0 Å². The van der Waals surface area contributed by atoms with Gasteiger partial charge in [0.2, 0.25) is 0 Å². The SMILES string of the molecule is CC(C)(O)[C@@H](NCCc1ccccc1)C1CC1. The van der Waals surface area contributed by atoms with Crippen molar-refractivity contribution in [3.63, 3.8) is 0 Å². The molecule has 0 aliphatic heterocycles. The number of aliphatic hydroxyl groups is 1. The number of rotatable bonds is 6. The first-order chi connectivity index (χ1) is 8.07. The third-order valence-electron chi connectivity index (χ3n) is 3.48. The van der Waals surface area contributed by atoms with Crippen LogP contribution in [0.15, 0.2) is 30.3 Å². The quantitative estimate of drug-likeness (QED) is 0.790. The molecule has 1 aromatic rings.